The number of imide groups is 1. The van der Waals surface area contributed by atoms with Gasteiger partial charge in [-0.3, -0.25) is 9.69 Å². The first kappa shape index (κ1) is 9.75. The van der Waals surface area contributed by atoms with E-state index < -0.39 is 18.2 Å². The van der Waals surface area contributed by atoms with Gasteiger partial charge in [0.2, 0.25) is 0 Å². The standard InChI is InChI=1S/C8H12N4O3/c1-10-4-5(9-7(10)14)11(2)8(15)12(3)6(4)13/h4-5H,1-3H3,(H,9,14). The Morgan fingerprint density at radius 2 is 1.67 bits per heavy atom. The molecular weight excluding hydrogens is 200 g/mol. The number of hydrogen-bond donors (Lipinski definition) is 1. The third-order valence-corrected chi connectivity index (χ3v) is 2.90. The van der Waals surface area contributed by atoms with E-state index in [1.54, 1.807) is 7.05 Å². The number of amides is 5. The molecule has 2 aliphatic heterocycles. The Morgan fingerprint density at radius 3 is 2.27 bits per heavy atom. The molecule has 0 aromatic heterocycles. The van der Waals surface area contributed by atoms with Crippen molar-refractivity contribution in [2.45, 2.75) is 12.2 Å². The number of carbonyl (C=O) groups is 3. The summed E-state index contributed by atoms with van der Waals surface area (Å²) in [7, 11) is 4.51. The van der Waals surface area contributed by atoms with Crippen LogP contribution in [0.15, 0.2) is 0 Å². The molecule has 2 saturated heterocycles. The van der Waals surface area contributed by atoms with Gasteiger partial charge in [-0.05, 0) is 0 Å². The minimum absolute atomic E-state index is 0.340. The third kappa shape index (κ3) is 1.09. The average molecular weight is 212 g/mol. The molecule has 1 N–H and O–H groups in total. The normalized spacial score (nSPS) is 30.9. The summed E-state index contributed by atoms with van der Waals surface area (Å²) in [5.41, 5.74) is 0. The van der Waals surface area contributed by atoms with Crippen LogP contribution >= 0.6 is 0 Å². The fourth-order valence-electron chi connectivity index (χ4n) is 1.90. The van der Waals surface area contributed by atoms with Crippen molar-refractivity contribution in [2.24, 2.45) is 0 Å². The predicted molar refractivity (Wildman–Crippen MR) is 49.8 cm³/mol. The first-order valence-corrected chi connectivity index (χ1v) is 4.53. The van der Waals surface area contributed by atoms with Crippen molar-refractivity contribution in [3.63, 3.8) is 0 Å². The average Bonchev–Trinajstić information content (AvgIpc) is 2.50. The van der Waals surface area contributed by atoms with Gasteiger partial charge in [0, 0.05) is 21.1 Å². The first-order valence-electron chi connectivity index (χ1n) is 4.53. The smallest absolute Gasteiger partial charge is 0.315 e. The molecule has 2 atom stereocenters. The minimum Gasteiger partial charge on any atom is -0.315 e. The second-order valence-corrected chi connectivity index (χ2v) is 3.74. The van der Waals surface area contributed by atoms with Gasteiger partial charge in [0.15, 0.2) is 6.04 Å². The van der Waals surface area contributed by atoms with E-state index in [-0.39, 0.29) is 11.9 Å². The van der Waals surface area contributed by atoms with Crippen LogP contribution in [0.4, 0.5) is 9.59 Å². The highest BCUT2D eigenvalue weighted by molar-refractivity contribution is 6.03. The second kappa shape index (κ2) is 2.85. The Kier molecular flexibility index (Phi) is 1.85. The van der Waals surface area contributed by atoms with Gasteiger partial charge < -0.3 is 15.1 Å². The van der Waals surface area contributed by atoms with Crippen molar-refractivity contribution >= 4 is 18.0 Å². The highest BCUT2D eigenvalue weighted by Gasteiger charge is 2.51. The van der Waals surface area contributed by atoms with Crippen molar-refractivity contribution in [1.82, 2.24) is 20.0 Å². The van der Waals surface area contributed by atoms with E-state index in [9.17, 15) is 14.4 Å². The molecule has 2 heterocycles. The van der Waals surface area contributed by atoms with Gasteiger partial charge in [-0.15, -0.1) is 0 Å². The Morgan fingerprint density at radius 1 is 1.07 bits per heavy atom. The SMILES string of the molecule is CN1C(=O)C2C(NC(=O)N2C)N(C)C1=O. The molecule has 7 nitrogen and oxygen atoms in total. The van der Waals surface area contributed by atoms with Gasteiger partial charge in [0.05, 0.1) is 0 Å². The number of nitrogens with one attached hydrogen (secondary N) is 1. The van der Waals surface area contributed by atoms with E-state index in [0.29, 0.717) is 0 Å². The van der Waals surface area contributed by atoms with Crippen LogP contribution in [0.25, 0.3) is 0 Å². The number of nitrogens with zero attached hydrogens (tertiary/aromatic N) is 3. The van der Waals surface area contributed by atoms with Crippen molar-refractivity contribution in [1.29, 1.82) is 0 Å². The molecule has 0 aromatic rings. The van der Waals surface area contributed by atoms with Gasteiger partial charge in [-0.25, -0.2) is 9.59 Å². The molecule has 0 bridgehead atoms. The van der Waals surface area contributed by atoms with E-state index in [0.717, 1.165) is 4.90 Å². The molecule has 82 valence electrons. The zero-order valence-corrected chi connectivity index (χ0v) is 8.72. The van der Waals surface area contributed by atoms with Gasteiger partial charge in [-0.2, -0.15) is 0 Å². The lowest BCUT2D eigenvalue weighted by Crippen LogP contribution is -2.64. The van der Waals surface area contributed by atoms with Gasteiger partial charge in [0.1, 0.15) is 6.17 Å². The highest BCUT2D eigenvalue weighted by Crippen LogP contribution is 2.21. The van der Waals surface area contributed by atoms with E-state index in [1.807, 2.05) is 0 Å². The molecule has 2 unspecified atom stereocenters. The van der Waals surface area contributed by atoms with Crippen LogP contribution in [0, 0.1) is 0 Å². The van der Waals surface area contributed by atoms with Gasteiger partial charge in [0.25, 0.3) is 5.91 Å². The monoisotopic (exact) mass is 212 g/mol. The van der Waals surface area contributed by atoms with Crippen molar-refractivity contribution < 1.29 is 14.4 Å². The molecule has 7 heteroatoms. The predicted octanol–water partition coefficient (Wildman–Crippen LogP) is -1.14. The Bertz CT molecular complexity index is 356. The van der Waals surface area contributed by atoms with E-state index in [1.165, 1.54) is 23.9 Å². The molecular formula is C8H12N4O3. The van der Waals surface area contributed by atoms with Crippen molar-refractivity contribution in [3.05, 3.63) is 0 Å². The van der Waals surface area contributed by atoms with Crippen LogP contribution in [-0.4, -0.2) is 66.0 Å². The first-order chi connectivity index (χ1) is 6.95. The van der Waals surface area contributed by atoms with Crippen LogP contribution in [0.5, 0.6) is 0 Å². The van der Waals surface area contributed by atoms with Gasteiger partial charge in [-0.1, -0.05) is 0 Å². The summed E-state index contributed by atoms with van der Waals surface area (Å²) in [5, 5.41) is 2.58. The quantitative estimate of drug-likeness (QED) is 0.551. The summed E-state index contributed by atoms with van der Waals surface area (Å²) in [5.74, 6) is -0.357. The summed E-state index contributed by atoms with van der Waals surface area (Å²) in [6, 6.07) is -1.37. The molecule has 15 heavy (non-hydrogen) atoms. The lowest BCUT2D eigenvalue weighted by atomic mass is 10.1. The summed E-state index contributed by atoms with van der Waals surface area (Å²) in [4.78, 5) is 38.4. The Hall–Kier alpha value is -1.79. The third-order valence-electron chi connectivity index (χ3n) is 2.90. The maximum atomic E-state index is 11.8. The van der Waals surface area contributed by atoms with Crippen LogP contribution in [0.1, 0.15) is 0 Å². The second-order valence-electron chi connectivity index (χ2n) is 3.74. The molecule has 0 saturated carbocycles. The molecule has 0 spiro atoms. The lowest BCUT2D eigenvalue weighted by molar-refractivity contribution is -0.135. The van der Waals surface area contributed by atoms with Crippen LogP contribution in [0.2, 0.25) is 0 Å². The molecule has 2 aliphatic rings. The van der Waals surface area contributed by atoms with Crippen LogP contribution < -0.4 is 5.32 Å². The summed E-state index contributed by atoms with van der Waals surface area (Å²) in [6.07, 6.45) is -0.557. The number of fused-ring (bicyclic) bond motifs is 1. The van der Waals surface area contributed by atoms with Crippen LogP contribution in [-0.2, 0) is 4.79 Å². The zero-order chi connectivity index (χ0) is 11.3. The van der Waals surface area contributed by atoms with Gasteiger partial charge >= 0.3 is 12.1 Å². The zero-order valence-electron chi connectivity index (χ0n) is 8.72. The number of rotatable bonds is 0. The summed E-state index contributed by atoms with van der Waals surface area (Å²) >= 11 is 0. The van der Waals surface area contributed by atoms with Crippen LogP contribution in [0.3, 0.4) is 0 Å². The number of likely N-dealkylation sites (N-methyl/N-ethyl adjacent to an activating group) is 3. The van der Waals surface area contributed by atoms with E-state index >= 15 is 0 Å². The molecule has 0 radical (unpaired) electrons. The maximum Gasteiger partial charge on any atom is 0.327 e. The summed E-state index contributed by atoms with van der Waals surface area (Å²) in [6.45, 7) is 0. The summed E-state index contributed by atoms with van der Waals surface area (Å²) < 4.78 is 0. The largest absolute Gasteiger partial charge is 0.327 e. The fraction of sp³-hybridized carbons (Fsp3) is 0.625. The topological polar surface area (TPSA) is 73.0 Å². The Labute approximate surface area is 86.6 Å². The van der Waals surface area contributed by atoms with Crippen molar-refractivity contribution in [3.8, 4) is 0 Å². The number of urea groups is 2. The number of carbonyl (C=O) groups excluding carboxylic acids is 3. The Balaban J connectivity index is 2.38. The number of hydrogen-bond acceptors (Lipinski definition) is 3. The molecule has 0 aliphatic carbocycles. The lowest BCUT2D eigenvalue weighted by Gasteiger charge is -2.38. The van der Waals surface area contributed by atoms with E-state index in [2.05, 4.69) is 5.32 Å². The minimum atomic E-state index is -0.620. The van der Waals surface area contributed by atoms with E-state index in [4.69, 9.17) is 0 Å². The molecule has 0 aromatic carbocycles. The molecule has 2 fully saturated rings. The maximum absolute atomic E-state index is 11.8. The van der Waals surface area contributed by atoms with Crippen molar-refractivity contribution in [2.75, 3.05) is 21.1 Å². The fourth-order valence-corrected chi connectivity index (χ4v) is 1.90. The molecule has 5 amide bonds. The highest BCUT2D eigenvalue weighted by atomic mass is 16.2. The molecule has 2 rings (SSSR count).